The molecule has 0 aliphatic carbocycles. The molecule has 0 bridgehead atoms. The molecule has 3 aromatic carbocycles. The van der Waals surface area contributed by atoms with E-state index >= 15 is 0 Å². The van der Waals surface area contributed by atoms with E-state index in [1.165, 1.54) is 17.1 Å². The average Bonchev–Trinajstić information content (AvgIpc) is 3.46. The summed E-state index contributed by atoms with van der Waals surface area (Å²) in [6.07, 6.45) is 3.55. The first-order chi connectivity index (χ1) is 16.1. The van der Waals surface area contributed by atoms with Crippen LogP contribution in [0.5, 0.6) is 0 Å². The quantitative estimate of drug-likeness (QED) is 0.556. The molecule has 2 N–H and O–H groups in total. The van der Waals surface area contributed by atoms with Crippen molar-refractivity contribution in [3.63, 3.8) is 0 Å². The number of hydrazine groups is 1. The summed E-state index contributed by atoms with van der Waals surface area (Å²) < 4.78 is 6.28. The highest BCUT2D eigenvalue weighted by Crippen LogP contribution is 2.37. The number of hydrogen-bond donors (Lipinski definition) is 2. The average molecular weight is 440 g/mol. The number of benzene rings is 3. The summed E-state index contributed by atoms with van der Waals surface area (Å²) in [7, 11) is 0. The number of carboxylic acid groups (broad SMARTS) is 1. The predicted octanol–water partition coefficient (Wildman–Crippen LogP) is 4.82. The van der Waals surface area contributed by atoms with Crippen LogP contribution in [0.2, 0.25) is 0 Å². The van der Waals surface area contributed by atoms with Gasteiger partial charge in [-0.25, -0.2) is 15.2 Å². The first kappa shape index (κ1) is 21.1. The molecule has 3 atom stereocenters. The van der Waals surface area contributed by atoms with Crippen molar-refractivity contribution >= 4 is 17.6 Å². The van der Waals surface area contributed by atoms with Crippen LogP contribution in [0.3, 0.4) is 0 Å². The van der Waals surface area contributed by atoms with E-state index in [0.717, 1.165) is 24.0 Å². The van der Waals surface area contributed by atoms with Gasteiger partial charge in [0.1, 0.15) is 0 Å². The molecule has 2 saturated heterocycles. The minimum atomic E-state index is -1.00. The smallest absolute Gasteiger partial charge is 0.335 e. The molecule has 6 nitrogen and oxygen atoms in total. The Kier molecular flexibility index (Phi) is 5.77. The highest BCUT2D eigenvalue weighted by molar-refractivity contribution is 6.08. The van der Waals surface area contributed by atoms with Gasteiger partial charge in [0.15, 0.2) is 0 Å². The maximum Gasteiger partial charge on any atom is 0.335 e. The van der Waals surface area contributed by atoms with Crippen molar-refractivity contribution in [3.05, 3.63) is 113 Å². The largest absolute Gasteiger partial charge is 0.478 e. The van der Waals surface area contributed by atoms with Gasteiger partial charge in [-0.2, -0.15) is 0 Å². The van der Waals surface area contributed by atoms with Gasteiger partial charge in [0.05, 0.1) is 29.5 Å². The van der Waals surface area contributed by atoms with Crippen LogP contribution >= 0.6 is 0 Å². The number of carboxylic acids is 1. The molecule has 2 heterocycles. The molecule has 0 aromatic heterocycles. The second-order valence-corrected chi connectivity index (χ2v) is 8.24. The van der Waals surface area contributed by atoms with E-state index in [9.17, 15) is 9.59 Å². The van der Waals surface area contributed by atoms with Gasteiger partial charge in [-0.05, 0) is 54.3 Å². The number of aromatic carboxylic acids is 1. The van der Waals surface area contributed by atoms with Crippen molar-refractivity contribution in [1.82, 2.24) is 5.43 Å². The first-order valence-electron chi connectivity index (χ1n) is 11.0. The number of ether oxygens (including phenoxy) is 1. The molecule has 0 radical (unpaired) electrons. The number of amides is 1. The zero-order valence-electron chi connectivity index (χ0n) is 17.9. The third kappa shape index (κ3) is 4.31. The Morgan fingerprint density at radius 1 is 0.909 bits per heavy atom. The van der Waals surface area contributed by atoms with E-state index in [0.29, 0.717) is 11.3 Å². The topological polar surface area (TPSA) is 78.9 Å². The lowest BCUT2D eigenvalue weighted by Gasteiger charge is -2.18. The molecule has 2 fully saturated rings. The van der Waals surface area contributed by atoms with E-state index in [2.05, 4.69) is 17.6 Å². The fourth-order valence-electron chi connectivity index (χ4n) is 4.42. The van der Waals surface area contributed by atoms with Gasteiger partial charge in [0.2, 0.25) is 0 Å². The number of nitrogens with one attached hydrogen (secondary N) is 1. The monoisotopic (exact) mass is 440 g/mol. The first-order valence-corrected chi connectivity index (χ1v) is 11.0. The molecule has 3 unspecified atom stereocenters. The minimum Gasteiger partial charge on any atom is -0.478 e. The Balaban J connectivity index is 1.43. The van der Waals surface area contributed by atoms with E-state index in [-0.39, 0.29) is 29.7 Å². The molecule has 3 aromatic rings. The lowest BCUT2D eigenvalue weighted by atomic mass is 9.98. The molecule has 0 saturated carbocycles. The predicted molar refractivity (Wildman–Crippen MR) is 125 cm³/mol. The highest BCUT2D eigenvalue weighted by Gasteiger charge is 2.38. The molecular weight excluding hydrogens is 416 g/mol. The third-order valence-electron chi connectivity index (χ3n) is 6.11. The zero-order valence-corrected chi connectivity index (χ0v) is 17.9. The second kappa shape index (κ2) is 9.02. The lowest BCUT2D eigenvalue weighted by molar-refractivity contribution is -0.114. The van der Waals surface area contributed by atoms with Crippen molar-refractivity contribution in [2.75, 3.05) is 5.01 Å². The fourth-order valence-corrected chi connectivity index (χ4v) is 4.42. The van der Waals surface area contributed by atoms with Crippen molar-refractivity contribution in [3.8, 4) is 0 Å². The molecular formula is C27H24N2O4. The van der Waals surface area contributed by atoms with Gasteiger partial charge in [0.25, 0.3) is 5.91 Å². The Bertz CT molecular complexity index is 1180. The molecule has 2 aliphatic rings. The number of nitrogens with zero attached hydrogens (tertiary/aromatic N) is 1. The van der Waals surface area contributed by atoms with Crippen molar-refractivity contribution in [1.29, 1.82) is 0 Å². The zero-order chi connectivity index (χ0) is 22.8. The molecule has 6 heteroatoms. The number of hydrogen-bond acceptors (Lipinski definition) is 4. The molecule has 0 spiro atoms. The van der Waals surface area contributed by atoms with Crippen molar-refractivity contribution in [2.45, 2.75) is 31.1 Å². The summed E-state index contributed by atoms with van der Waals surface area (Å²) in [6.45, 7) is 0. The summed E-state index contributed by atoms with van der Waals surface area (Å²) in [5.41, 5.74) is 6.81. The molecule has 1 amide bonds. The van der Waals surface area contributed by atoms with Gasteiger partial charge < -0.3 is 9.84 Å². The number of rotatable bonds is 5. The Labute approximate surface area is 192 Å². The van der Waals surface area contributed by atoms with Gasteiger partial charge in [-0.1, -0.05) is 60.7 Å². The van der Waals surface area contributed by atoms with Gasteiger partial charge in [0, 0.05) is 5.57 Å². The van der Waals surface area contributed by atoms with E-state index in [1.807, 2.05) is 54.6 Å². The second-order valence-electron chi connectivity index (χ2n) is 8.24. The summed E-state index contributed by atoms with van der Waals surface area (Å²) >= 11 is 0. The SMILES string of the molecule is O=C(O)c1ccc(N2NC(c3ccccc3)/C(=C/C3CCC(c4ccccc4)O3)C2=O)cc1. The van der Waals surface area contributed by atoms with Crippen LogP contribution in [-0.2, 0) is 9.53 Å². The molecule has 5 rings (SSSR count). The number of carbonyl (C=O) groups is 2. The van der Waals surface area contributed by atoms with Crippen LogP contribution in [0.1, 0.15) is 46.5 Å². The van der Waals surface area contributed by atoms with Gasteiger partial charge in [-0.3, -0.25) is 4.79 Å². The summed E-state index contributed by atoms with van der Waals surface area (Å²) in [5, 5.41) is 10.7. The third-order valence-corrected chi connectivity index (χ3v) is 6.11. The summed E-state index contributed by atoms with van der Waals surface area (Å²) in [4.78, 5) is 24.7. The Morgan fingerprint density at radius 2 is 1.55 bits per heavy atom. The maximum absolute atomic E-state index is 13.5. The van der Waals surface area contributed by atoms with E-state index < -0.39 is 5.97 Å². The standard InChI is InChI=1S/C27H24N2O4/c30-26-23(17-22-15-16-24(33-22)18-7-3-1-4-8-18)25(19-9-5-2-6-10-19)28-29(26)21-13-11-20(12-14-21)27(31)32/h1-14,17,22,24-25,28H,15-16H2,(H,31,32)/b23-17-. The normalized spacial score (nSPS) is 23.9. The van der Waals surface area contributed by atoms with Crippen molar-refractivity contribution in [2.24, 2.45) is 0 Å². The number of carbonyl (C=O) groups excluding carboxylic acids is 1. The lowest BCUT2D eigenvalue weighted by Crippen LogP contribution is -2.35. The maximum atomic E-state index is 13.5. The van der Waals surface area contributed by atoms with Gasteiger partial charge in [-0.15, -0.1) is 0 Å². The minimum absolute atomic E-state index is 0.0207. The molecule has 33 heavy (non-hydrogen) atoms. The molecule has 2 aliphatic heterocycles. The van der Waals surface area contributed by atoms with Crippen LogP contribution < -0.4 is 10.4 Å². The van der Waals surface area contributed by atoms with E-state index in [4.69, 9.17) is 9.84 Å². The fraction of sp³-hybridized carbons (Fsp3) is 0.185. The Morgan fingerprint density at radius 3 is 2.18 bits per heavy atom. The van der Waals surface area contributed by atoms with Crippen LogP contribution in [0.15, 0.2) is 96.6 Å². The summed E-state index contributed by atoms with van der Waals surface area (Å²) in [6, 6.07) is 25.9. The van der Waals surface area contributed by atoms with Crippen LogP contribution in [-0.4, -0.2) is 23.1 Å². The van der Waals surface area contributed by atoms with Crippen LogP contribution in [0, 0.1) is 0 Å². The summed E-state index contributed by atoms with van der Waals surface area (Å²) in [5.74, 6) is -1.17. The Hall–Kier alpha value is -3.74. The number of anilines is 1. The van der Waals surface area contributed by atoms with E-state index in [1.54, 1.807) is 12.1 Å². The van der Waals surface area contributed by atoms with Crippen LogP contribution in [0.4, 0.5) is 5.69 Å². The molecule has 166 valence electrons. The van der Waals surface area contributed by atoms with Crippen LogP contribution in [0.25, 0.3) is 0 Å². The van der Waals surface area contributed by atoms with Crippen molar-refractivity contribution < 1.29 is 19.4 Å². The highest BCUT2D eigenvalue weighted by atomic mass is 16.5. The van der Waals surface area contributed by atoms with Gasteiger partial charge >= 0.3 is 5.97 Å².